The summed E-state index contributed by atoms with van der Waals surface area (Å²) in [5.41, 5.74) is 0.430. The molecule has 0 heterocycles. The number of hydrogen-bond donors (Lipinski definition) is 0. The zero-order chi connectivity index (χ0) is 14.3. The van der Waals surface area contributed by atoms with Crippen LogP contribution in [0.25, 0.3) is 6.08 Å². The monoisotopic (exact) mass is 266 g/mol. The fourth-order valence-electron chi connectivity index (χ4n) is 1.41. The molecule has 1 rings (SSSR count). The van der Waals surface area contributed by atoms with Crippen LogP contribution in [0.2, 0.25) is 0 Å². The molecule has 1 aromatic carbocycles. The van der Waals surface area contributed by atoms with E-state index in [1.54, 1.807) is 6.92 Å². The van der Waals surface area contributed by atoms with E-state index < -0.39 is 11.8 Å². The highest BCUT2D eigenvalue weighted by Gasteiger charge is 2.08. The van der Waals surface area contributed by atoms with Crippen LogP contribution in [-0.4, -0.2) is 25.7 Å². The minimum atomic E-state index is -0.596. The molecular weight excluding hydrogens is 251 g/mol. The lowest BCUT2D eigenvalue weighted by Crippen LogP contribution is -2.02. The predicted octanol–water partition coefficient (Wildman–Crippen LogP) is 2.58. The summed E-state index contributed by atoms with van der Waals surface area (Å²) in [7, 11) is 1.23. The Bertz CT molecular complexity index is 494. The van der Waals surface area contributed by atoms with Crippen LogP contribution >= 0.6 is 0 Å². The van der Waals surface area contributed by atoms with E-state index in [4.69, 9.17) is 4.74 Å². The highest BCUT2D eigenvalue weighted by atomic mass is 19.1. The van der Waals surface area contributed by atoms with E-state index in [9.17, 15) is 14.0 Å². The van der Waals surface area contributed by atoms with Crippen molar-refractivity contribution in [3.05, 3.63) is 41.2 Å². The first kappa shape index (κ1) is 14.9. The molecule has 0 aromatic heterocycles. The molecule has 0 atom stereocenters. The van der Waals surface area contributed by atoms with Crippen LogP contribution in [-0.2, 0) is 14.3 Å². The Morgan fingerprint density at radius 2 is 2.11 bits per heavy atom. The molecule has 0 N–H and O–H groups in total. The first-order chi connectivity index (χ1) is 9.08. The minimum absolute atomic E-state index is 0.0754. The maximum absolute atomic E-state index is 13.6. The molecule has 4 nitrogen and oxygen atoms in total. The van der Waals surface area contributed by atoms with Crippen molar-refractivity contribution in [2.45, 2.75) is 13.3 Å². The molecular formula is C14H15FO4. The number of benzene rings is 1. The molecule has 0 unspecified atom stereocenters. The number of carbonyl (C=O) groups excluding carboxylic acids is 2. The van der Waals surface area contributed by atoms with Gasteiger partial charge in [0.05, 0.1) is 25.7 Å². The van der Waals surface area contributed by atoms with Crippen molar-refractivity contribution in [3.63, 3.8) is 0 Å². The van der Waals surface area contributed by atoms with E-state index >= 15 is 0 Å². The minimum Gasteiger partial charge on any atom is -0.466 e. The van der Waals surface area contributed by atoms with Crippen molar-refractivity contribution in [3.8, 4) is 0 Å². The quantitative estimate of drug-likeness (QED) is 0.769. The third kappa shape index (κ3) is 4.54. The van der Waals surface area contributed by atoms with Gasteiger partial charge < -0.3 is 9.47 Å². The van der Waals surface area contributed by atoms with E-state index in [2.05, 4.69) is 4.74 Å². The molecule has 0 saturated heterocycles. The second-order valence-electron chi connectivity index (χ2n) is 3.64. The van der Waals surface area contributed by atoms with Gasteiger partial charge in [-0.2, -0.15) is 0 Å². The van der Waals surface area contributed by atoms with E-state index in [1.165, 1.54) is 31.4 Å². The van der Waals surface area contributed by atoms with Gasteiger partial charge >= 0.3 is 11.9 Å². The molecule has 0 spiro atoms. The summed E-state index contributed by atoms with van der Waals surface area (Å²) in [5, 5.41) is 0. The summed E-state index contributed by atoms with van der Waals surface area (Å²) in [6.07, 6.45) is 3.05. The molecule has 0 fully saturated rings. The van der Waals surface area contributed by atoms with Gasteiger partial charge in [0.2, 0.25) is 0 Å². The van der Waals surface area contributed by atoms with Crippen LogP contribution in [0.4, 0.5) is 4.39 Å². The summed E-state index contributed by atoms with van der Waals surface area (Å²) in [6, 6.07) is 4.00. The van der Waals surface area contributed by atoms with Crippen LogP contribution in [0, 0.1) is 5.82 Å². The first-order valence-corrected chi connectivity index (χ1v) is 5.78. The van der Waals surface area contributed by atoms with Crippen LogP contribution < -0.4 is 0 Å². The maximum atomic E-state index is 13.6. The highest BCUT2D eigenvalue weighted by Crippen LogP contribution is 2.13. The van der Waals surface area contributed by atoms with Crippen LogP contribution in [0.15, 0.2) is 24.3 Å². The second-order valence-corrected chi connectivity index (χ2v) is 3.64. The van der Waals surface area contributed by atoms with Gasteiger partial charge in [0.25, 0.3) is 0 Å². The first-order valence-electron chi connectivity index (χ1n) is 5.78. The average Bonchev–Trinajstić information content (AvgIpc) is 2.40. The van der Waals surface area contributed by atoms with E-state index in [0.717, 1.165) is 6.07 Å². The molecule has 102 valence electrons. The summed E-state index contributed by atoms with van der Waals surface area (Å²) in [5.74, 6) is -1.52. The number of rotatable bonds is 5. The SMILES string of the molecule is CCOC(=O)CC=Cc1ccc(C(=O)OC)cc1F. The van der Waals surface area contributed by atoms with Crippen molar-refractivity contribution in [1.82, 2.24) is 0 Å². The molecule has 0 aliphatic carbocycles. The molecule has 0 aliphatic rings. The highest BCUT2D eigenvalue weighted by molar-refractivity contribution is 5.89. The van der Waals surface area contributed by atoms with Crippen molar-refractivity contribution < 1.29 is 23.5 Å². The standard InChI is InChI=1S/C14H15FO4/c1-3-19-13(16)6-4-5-10-7-8-11(9-12(10)15)14(17)18-2/h4-5,7-9H,3,6H2,1-2H3. The van der Waals surface area contributed by atoms with Gasteiger partial charge in [-0.1, -0.05) is 18.2 Å². The molecule has 0 bridgehead atoms. The van der Waals surface area contributed by atoms with Crippen molar-refractivity contribution in [2.75, 3.05) is 13.7 Å². The van der Waals surface area contributed by atoms with Gasteiger partial charge in [0.15, 0.2) is 0 Å². The lowest BCUT2D eigenvalue weighted by Gasteiger charge is -2.01. The summed E-state index contributed by atoms with van der Waals surface area (Å²) in [4.78, 5) is 22.3. The van der Waals surface area contributed by atoms with Gasteiger partial charge in [-0.15, -0.1) is 0 Å². The number of carbonyl (C=O) groups is 2. The molecule has 0 saturated carbocycles. The third-order valence-electron chi connectivity index (χ3n) is 2.31. The zero-order valence-corrected chi connectivity index (χ0v) is 10.8. The Labute approximate surface area is 110 Å². The second kappa shape index (κ2) is 7.31. The molecule has 0 radical (unpaired) electrons. The normalized spacial score (nSPS) is 10.5. The topological polar surface area (TPSA) is 52.6 Å². The van der Waals surface area contributed by atoms with Gasteiger partial charge in [-0.3, -0.25) is 4.79 Å². The number of ether oxygens (including phenoxy) is 2. The summed E-state index contributed by atoms with van der Waals surface area (Å²) in [6.45, 7) is 2.03. The van der Waals surface area contributed by atoms with Crippen LogP contribution in [0.1, 0.15) is 29.3 Å². The van der Waals surface area contributed by atoms with Crippen LogP contribution in [0.5, 0.6) is 0 Å². The fourth-order valence-corrected chi connectivity index (χ4v) is 1.41. The predicted molar refractivity (Wildman–Crippen MR) is 68.0 cm³/mol. The Balaban J connectivity index is 2.72. The van der Waals surface area contributed by atoms with Gasteiger partial charge in [-0.25, -0.2) is 9.18 Å². The average molecular weight is 266 g/mol. The van der Waals surface area contributed by atoms with Gasteiger partial charge in [-0.05, 0) is 19.1 Å². The number of halogens is 1. The smallest absolute Gasteiger partial charge is 0.337 e. The van der Waals surface area contributed by atoms with Crippen molar-refractivity contribution >= 4 is 18.0 Å². The van der Waals surface area contributed by atoms with Gasteiger partial charge in [0.1, 0.15) is 5.82 Å². The largest absolute Gasteiger partial charge is 0.466 e. The number of hydrogen-bond acceptors (Lipinski definition) is 4. The molecule has 5 heteroatoms. The third-order valence-corrected chi connectivity index (χ3v) is 2.31. The summed E-state index contributed by atoms with van der Waals surface area (Å²) < 4.78 is 22.9. The molecule has 1 aromatic rings. The van der Waals surface area contributed by atoms with E-state index in [1.807, 2.05) is 0 Å². The zero-order valence-electron chi connectivity index (χ0n) is 10.8. The Morgan fingerprint density at radius 1 is 1.37 bits per heavy atom. The van der Waals surface area contributed by atoms with Crippen LogP contribution in [0.3, 0.4) is 0 Å². The Kier molecular flexibility index (Phi) is 5.73. The van der Waals surface area contributed by atoms with E-state index in [0.29, 0.717) is 6.61 Å². The Morgan fingerprint density at radius 3 is 2.68 bits per heavy atom. The molecule has 19 heavy (non-hydrogen) atoms. The number of esters is 2. The number of methoxy groups -OCH3 is 1. The molecule has 0 amide bonds. The van der Waals surface area contributed by atoms with Gasteiger partial charge in [0, 0.05) is 5.56 Å². The lowest BCUT2D eigenvalue weighted by molar-refractivity contribution is -0.142. The maximum Gasteiger partial charge on any atom is 0.337 e. The Hall–Kier alpha value is -2.17. The lowest BCUT2D eigenvalue weighted by atomic mass is 10.1. The van der Waals surface area contributed by atoms with E-state index in [-0.39, 0.29) is 23.5 Å². The van der Waals surface area contributed by atoms with Crippen molar-refractivity contribution in [2.24, 2.45) is 0 Å². The summed E-state index contributed by atoms with van der Waals surface area (Å²) >= 11 is 0. The fraction of sp³-hybridized carbons (Fsp3) is 0.286. The van der Waals surface area contributed by atoms with Crippen molar-refractivity contribution in [1.29, 1.82) is 0 Å². The molecule has 0 aliphatic heterocycles.